The average molecular weight is 608 g/mol. The van der Waals surface area contributed by atoms with Crippen LogP contribution in [0.1, 0.15) is 17.5 Å². The lowest BCUT2D eigenvalue weighted by molar-refractivity contribution is 0.419. The van der Waals surface area contributed by atoms with Crippen LogP contribution < -0.4 is 15.4 Å². The predicted octanol–water partition coefficient (Wildman–Crippen LogP) is 7.36. The summed E-state index contributed by atoms with van der Waals surface area (Å²) in [6, 6.07) is 25.0. The fourth-order valence-electron chi connectivity index (χ4n) is 4.55. The minimum absolute atomic E-state index is 0.824. The number of anilines is 1. The van der Waals surface area contributed by atoms with Crippen LogP contribution in [-0.2, 0) is 13.1 Å². The number of nitrogens with zero attached hydrogens (tertiary/aromatic N) is 2. The van der Waals surface area contributed by atoms with Gasteiger partial charge in [0.1, 0.15) is 11.6 Å². The molecule has 2 N–H and O–H groups in total. The van der Waals surface area contributed by atoms with Crippen molar-refractivity contribution in [2.75, 3.05) is 25.5 Å². The highest BCUT2D eigenvalue weighted by Crippen LogP contribution is 2.27. The smallest absolute Gasteiger partial charge is 0.131 e. The maximum absolute atomic E-state index is 5.55. The minimum atomic E-state index is 0.824. The van der Waals surface area contributed by atoms with Gasteiger partial charge in [0.2, 0.25) is 0 Å². The number of fused-ring (bicyclic) bond motifs is 2. The number of para-hydroxylation sites is 2. The molecule has 0 atom stereocenters. The summed E-state index contributed by atoms with van der Waals surface area (Å²) in [5.74, 6) is 1.68. The highest BCUT2D eigenvalue weighted by molar-refractivity contribution is 9.11. The van der Waals surface area contributed by atoms with Crippen molar-refractivity contribution in [3.05, 3.63) is 99.1 Å². The molecule has 5 nitrogen and oxygen atoms in total. The maximum Gasteiger partial charge on any atom is 0.131 e. The fourth-order valence-corrected chi connectivity index (χ4v) is 5.94. The molecule has 0 fully saturated rings. The van der Waals surface area contributed by atoms with Crippen molar-refractivity contribution < 1.29 is 4.74 Å². The molecule has 184 valence electrons. The minimum Gasteiger partial charge on any atom is -0.496 e. The average Bonchev–Trinajstić information content (AvgIpc) is 3.22. The number of ether oxygens (including phenoxy) is 1. The molecule has 2 aromatic heterocycles. The SMILES string of the molecule is COc1cc(NCCCNCc2cn(Cc3cc(Br)cc(Br)c3)c3ccccc23)nc2ccccc12. The molecule has 2 heterocycles. The Morgan fingerprint density at radius 1 is 0.889 bits per heavy atom. The first-order valence-corrected chi connectivity index (χ1v) is 13.6. The van der Waals surface area contributed by atoms with Gasteiger partial charge in [0.15, 0.2) is 0 Å². The summed E-state index contributed by atoms with van der Waals surface area (Å²) >= 11 is 7.21. The van der Waals surface area contributed by atoms with Crippen LogP contribution in [0, 0.1) is 0 Å². The molecule has 5 rings (SSSR count). The Morgan fingerprint density at radius 3 is 2.44 bits per heavy atom. The zero-order valence-electron chi connectivity index (χ0n) is 20.1. The van der Waals surface area contributed by atoms with E-state index in [9.17, 15) is 0 Å². The fraction of sp³-hybridized carbons (Fsp3) is 0.207. The molecule has 0 bridgehead atoms. The first kappa shape index (κ1) is 24.8. The van der Waals surface area contributed by atoms with Gasteiger partial charge < -0.3 is 19.9 Å². The molecule has 0 saturated carbocycles. The number of pyridine rings is 1. The summed E-state index contributed by atoms with van der Waals surface area (Å²) in [7, 11) is 1.70. The summed E-state index contributed by atoms with van der Waals surface area (Å²) in [5, 5.41) is 9.37. The van der Waals surface area contributed by atoms with Crippen molar-refractivity contribution in [2.45, 2.75) is 19.5 Å². The summed E-state index contributed by atoms with van der Waals surface area (Å²) in [4.78, 5) is 4.71. The van der Waals surface area contributed by atoms with E-state index in [2.05, 4.69) is 95.7 Å². The molecule has 0 unspecified atom stereocenters. The Balaban J connectivity index is 1.18. The van der Waals surface area contributed by atoms with Gasteiger partial charge in [-0.15, -0.1) is 0 Å². The number of nitrogens with one attached hydrogen (secondary N) is 2. The first-order valence-electron chi connectivity index (χ1n) is 12.0. The Hall–Kier alpha value is -2.87. The zero-order valence-corrected chi connectivity index (χ0v) is 23.3. The van der Waals surface area contributed by atoms with Crippen molar-refractivity contribution in [3.63, 3.8) is 0 Å². The number of hydrogen-bond donors (Lipinski definition) is 2. The number of benzene rings is 3. The number of hydrogen-bond acceptors (Lipinski definition) is 4. The number of aromatic nitrogens is 2. The van der Waals surface area contributed by atoms with Crippen LogP contribution in [0.3, 0.4) is 0 Å². The lowest BCUT2D eigenvalue weighted by Crippen LogP contribution is -2.17. The van der Waals surface area contributed by atoms with Gasteiger partial charge in [0.25, 0.3) is 0 Å². The normalized spacial score (nSPS) is 11.3. The highest BCUT2D eigenvalue weighted by atomic mass is 79.9. The Labute approximate surface area is 228 Å². The Kier molecular flexibility index (Phi) is 7.90. The van der Waals surface area contributed by atoms with Gasteiger partial charge in [-0.05, 0) is 60.5 Å². The van der Waals surface area contributed by atoms with Gasteiger partial charge in [0, 0.05) is 57.1 Å². The van der Waals surface area contributed by atoms with Gasteiger partial charge in [-0.1, -0.05) is 62.2 Å². The predicted molar refractivity (Wildman–Crippen MR) is 156 cm³/mol. The molecule has 0 aliphatic rings. The van der Waals surface area contributed by atoms with E-state index in [1.165, 1.54) is 22.0 Å². The Bertz CT molecular complexity index is 1480. The standard InChI is InChI=1S/C29H28Br2N4O/c1-36-28-16-29(34-26-9-4-2-8-25(26)28)33-12-6-11-32-17-21-19-35(27-10-5-3-7-24(21)27)18-20-13-22(30)15-23(31)14-20/h2-5,7-10,13-16,19,32H,6,11-12,17-18H2,1H3,(H,33,34). The van der Waals surface area contributed by atoms with E-state index >= 15 is 0 Å². The molecule has 7 heteroatoms. The number of methoxy groups -OCH3 is 1. The van der Waals surface area contributed by atoms with Crippen LogP contribution in [0.15, 0.2) is 87.9 Å². The van der Waals surface area contributed by atoms with E-state index in [1.807, 2.05) is 30.3 Å². The Morgan fingerprint density at radius 2 is 1.64 bits per heavy atom. The highest BCUT2D eigenvalue weighted by Gasteiger charge is 2.09. The second-order valence-corrected chi connectivity index (χ2v) is 10.6. The topological polar surface area (TPSA) is 51.1 Å². The molecule has 5 aromatic rings. The first-order chi connectivity index (χ1) is 17.6. The lowest BCUT2D eigenvalue weighted by Gasteiger charge is -2.10. The quantitative estimate of drug-likeness (QED) is 0.163. The second kappa shape index (κ2) is 11.5. The van der Waals surface area contributed by atoms with Crippen LogP contribution >= 0.6 is 31.9 Å². The molecule has 0 aliphatic heterocycles. The van der Waals surface area contributed by atoms with Gasteiger partial charge in [-0.3, -0.25) is 0 Å². The van der Waals surface area contributed by atoms with Crippen LogP contribution in [0.25, 0.3) is 21.8 Å². The molecule has 0 saturated heterocycles. The van der Waals surface area contributed by atoms with Crippen LogP contribution in [0.2, 0.25) is 0 Å². The molecule has 0 amide bonds. The van der Waals surface area contributed by atoms with E-state index in [0.717, 1.165) is 64.0 Å². The van der Waals surface area contributed by atoms with Gasteiger partial charge in [-0.2, -0.15) is 0 Å². The number of rotatable bonds is 10. The second-order valence-electron chi connectivity index (χ2n) is 8.76. The van der Waals surface area contributed by atoms with Crippen molar-refractivity contribution in [1.82, 2.24) is 14.9 Å². The third-order valence-corrected chi connectivity index (χ3v) is 7.11. The molecule has 3 aromatic carbocycles. The molecule has 0 aliphatic carbocycles. The zero-order chi connectivity index (χ0) is 24.9. The molecular formula is C29H28Br2N4O. The van der Waals surface area contributed by atoms with Gasteiger partial charge in [0.05, 0.1) is 12.6 Å². The van der Waals surface area contributed by atoms with Crippen molar-refractivity contribution >= 4 is 59.5 Å². The van der Waals surface area contributed by atoms with Gasteiger partial charge >= 0.3 is 0 Å². The van der Waals surface area contributed by atoms with Crippen LogP contribution in [0.5, 0.6) is 5.75 Å². The third kappa shape index (κ3) is 5.75. The van der Waals surface area contributed by atoms with E-state index in [0.29, 0.717) is 0 Å². The lowest BCUT2D eigenvalue weighted by atomic mass is 10.2. The molecule has 36 heavy (non-hydrogen) atoms. The summed E-state index contributed by atoms with van der Waals surface area (Å²) in [6.07, 6.45) is 3.26. The van der Waals surface area contributed by atoms with Crippen LogP contribution in [0.4, 0.5) is 5.82 Å². The number of halogens is 2. The molecule has 0 radical (unpaired) electrons. The van der Waals surface area contributed by atoms with E-state index in [-0.39, 0.29) is 0 Å². The summed E-state index contributed by atoms with van der Waals surface area (Å²) in [5.41, 5.74) is 4.75. The summed E-state index contributed by atoms with van der Waals surface area (Å²) in [6.45, 7) is 3.40. The molecular weight excluding hydrogens is 580 g/mol. The van der Waals surface area contributed by atoms with E-state index in [1.54, 1.807) is 7.11 Å². The molecule has 0 spiro atoms. The third-order valence-electron chi connectivity index (χ3n) is 6.20. The van der Waals surface area contributed by atoms with Crippen molar-refractivity contribution in [1.29, 1.82) is 0 Å². The van der Waals surface area contributed by atoms with Crippen molar-refractivity contribution in [3.8, 4) is 5.75 Å². The van der Waals surface area contributed by atoms with Gasteiger partial charge in [-0.25, -0.2) is 4.98 Å². The summed E-state index contributed by atoms with van der Waals surface area (Å²) < 4.78 is 10.0. The monoisotopic (exact) mass is 606 g/mol. The van der Waals surface area contributed by atoms with Crippen LogP contribution in [-0.4, -0.2) is 29.8 Å². The maximum atomic E-state index is 5.55. The van der Waals surface area contributed by atoms with Crippen molar-refractivity contribution in [2.24, 2.45) is 0 Å². The van der Waals surface area contributed by atoms with E-state index in [4.69, 9.17) is 9.72 Å². The van der Waals surface area contributed by atoms with E-state index < -0.39 is 0 Å². The largest absolute Gasteiger partial charge is 0.496 e.